The van der Waals surface area contributed by atoms with Crippen LogP contribution in [0.15, 0.2) is 39.9 Å². The third-order valence-corrected chi connectivity index (χ3v) is 5.98. The number of nitrogens with one attached hydrogen (secondary N) is 2. The van der Waals surface area contributed by atoms with E-state index in [0.717, 1.165) is 33.5 Å². The second-order valence-electron chi connectivity index (χ2n) is 8.71. The third-order valence-electron chi connectivity index (χ3n) is 5.98. The van der Waals surface area contributed by atoms with Crippen molar-refractivity contribution in [3.8, 4) is 5.69 Å². The first-order valence-corrected chi connectivity index (χ1v) is 10.1. The van der Waals surface area contributed by atoms with Gasteiger partial charge < -0.3 is 5.32 Å². The predicted molar refractivity (Wildman–Crippen MR) is 116 cm³/mol. The number of fused-ring (bicyclic) bond motifs is 1. The molecule has 0 saturated heterocycles. The number of benzene rings is 2. The number of H-pyrrole nitrogens is 1. The fourth-order valence-corrected chi connectivity index (χ4v) is 4.06. The van der Waals surface area contributed by atoms with Gasteiger partial charge in [0.05, 0.1) is 11.1 Å². The van der Waals surface area contributed by atoms with Crippen LogP contribution in [0.4, 0.5) is 18.9 Å². The molecule has 0 atom stereocenters. The molecule has 2 aromatic carbocycles. The molecule has 0 aliphatic carbocycles. The van der Waals surface area contributed by atoms with Crippen LogP contribution in [0.25, 0.3) is 5.69 Å². The highest BCUT2D eigenvalue weighted by Crippen LogP contribution is 2.38. The van der Waals surface area contributed by atoms with Gasteiger partial charge in [-0.15, -0.1) is 0 Å². The number of nitrogens with zero attached hydrogens (tertiary/aromatic N) is 2. The van der Waals surface area contributed by atoms with Crippen LogP contribution in [-0.2, 0) is 22.8 Å². The molecule has 7 nitrogen and oxygen atoms in total. The summed E-state index contributed by atoms with van der Waals surface area (Å²) in [6, 6.07) is 8.86. The molecule has 3 aromatic rings. The Bertz CT molecular complexity index is 1390. The van der Waals surface area contributed by atoms with Gasteiger partial charge in [0, 0.05) is 5.69 Å². The number of rotatable bonds is 3. The molecule has 2 N–H and O–H groups in total. The van der Waals surface area contributed by atoms with E-state index in [9.17, 15) is 27.6 Å². The Labute approximate surface area is 186 Å². The predicted octanol–water partition coefficient (Wildman–Crippen LogP) is 3.38. The number of alkyl halides is 3. The fraction of sp³-hybridized carbons (Fsp3) is 0.304. The van der Waals surface area contributed by atoms with Crippen molar-refractivity contribution in [2.75, 3.05) is 5.32 Å². The number of carbonyl (C=O) groups is 1. The normalized spacial score (nSPS) is 14.8. The van der Waals surface area contributed by atoms with Gasteiger partial charge >= 0.3 is 11.9 Å². The van der Waals surface area contributed by atoms with E-state index in [2.05, 4.69) is 10.4 Å². The standard InChI is InChI=1S/C23H21F3N4O3/c1-11-7-14(30-21(33)28-19(31)18(29-30)23(24,25)26)8-12(2)15(11)9-13-5-6-17-16(10-13)22(3,4)20(32)27-17/h5-8,10H,9H2,1-4H3,(H,27,32)(H,28,31,33). The highest BCUT2D eigenvalue weighted by atomic mass is 19.4. The third kappa shape index (κ3) is 3.85. The smallest absolute Gasteiger partial charge is 0.325 e. The van der Waals surface area contributed by atoms with Crippen molar-refractivity contribution < 1.29 is 18.0 Å². The van der Waals surface area contributed by atoms with Crippen LogP contribution in [0.2, 0.25) is 0 Å². The Balaban J connectivity index is 1.74. The lowest BCUT2D eigenvalue weighted by atomic mass is 9.84. The van der Waals surface area contributed by atoms with Crippen molar-refractivity contribution >= 4 is 11.6 Å². The molecule has 10 heteroatoms. The van der Waals surface area contributed by atoms with Gasteiger partial charge in [0.25, 0.3) is 5.56 Å². The van der Waals surface area contributed by atoms with Crippen LogP contribution < -0.4 is 16.6 Å². The molecule has 1 amide bonds. The highest BCUT2D eigenvalue weighted by Gasteiger charge is 2.38. The summed E-state index contributed by atoms with van der Waals surface area (Å²) in [4.78, 5) is 37.6. The lowest BCUT2D eigenvalue weighted by molar-refractivity contribution is -0.143. The van der Waals surface area contributed by atoms with Crippen molar-refractivity contribution in [2.24, 2.45) is 0 Å². The molecule has 4 rings (SSSR count). The van der Waals surface area contributed by atoms with E-state index in [1.54, 1.807) is 31.0 Å². The number of hydrogen-bond acceptors (Lipinski definition) is 4. The number of aryl methyl sites for hydroxylation is 2. The van der Waals surface area contributed by atoms with Gasteiger partial charge in [-0.25, -0.2) is 4.79 Å². The second kappa shape index (κ2) is 7.43. The van der Waals surface area contributed by atoms with Crippen LogP contribution in [0.3, 0.4) is 0 Å². The Hall–Kier alpha value is -3.69. The molecule has 0 saturated carbocycles. The van der Waals surface area contributed by atoms with Gasteiger partial charge in [0.2, 0.25) is 11.6 Å². The topological polar surface area (TPSA) is 96.8 Å². The molecule has 0 unspecified atom stereocenters. The minimum atomic E-state index is -5.00. The summed E-state index contributed by atoms with van der Waals surface area (Å²) >= 11 is 0. The summed E-state index contributed by atoms with van der Waals surface area (Å²) in [5, 5.41) is 6.14. The van der Waals surface area contributed by atoms with Crippen LogP contribution in [-0.4, -0.2) is 20.7 Å². The Morgan fingerprint density at radius 2 is 1.67 bits per heavy atom. The molecule has 0 bridgehead atoms. The summed E-state index contributed by atoms with van der Waals surface area (Å²) in [6.07, 6.45) is -4.47. The zero-order valence-corrected chi connectivity index (χ0v) is 18.3. The monoisotopic (exact) mass is 458 g/mol. The number of amides is 1. The molecule has 0 fully saturated rings. The minimum Gasteiger partial charge on any atom is -0.325 e. The molecule has 172 valence electrons. The zero-order chi connectivity index (χ0) is 24.3. The van der Waals surface area contributed by atoms with E-state index in [-0.39, 0.29) is 11.6 Å². The molecule has 1 aliphatic rings. The van der Waals surface area contributed by atoms with E-state index >= 15 is 0 Å². The number of hydrogen-bond donors (Lipinski definition) is 2. The molecule has 33 heavy (non-hydrogen) atoms. The first kappa shape index (κ1) is 22.5. The number of halogens is 3. The quantitative estimate of drug-likeness (QED) is 0.629. The maximum atomic E-state index is 13.1. The summed E-state index contributed by atoms with van der Waals surface area (Å²) in [5.74, 6) is -0.0663. The van der Waals surface area contributed by atoms with Gasteiger partial charge in [-0.1, -0.05) is 12.1 Å². The lowest BCUT2D eigenvalue weighted by Crippen LogP contribution is -2.37. The van der Waals surface area contributed by atoms with Crippen LogP contribution >= 0.6 is 0 Å². The first-order valence-electron chi connectivity index (χ1n) is 10.1. The summed E-state index contributed by atoms with van der Waals surface area (Å²) < 4.78 is 39.8. The van der Waals surface area contributed by atoms with Crippen molar-refractivity contribution in [1.29, 1.82) is 0 Å². The zero-order valence-electron chi connectivity index (χ0n) is 18.3. The first-order chi connectivity index (χ1) is 15.3. The van der Waals surface area contributed by atoms with Gasteiger partial charge in [0.15, 0.2) is 0 Å². The van der Waals surface area contributed by atoms with E-state index in [1.165, 1.54) is 0 Å². The molecule has 0 radical (unpaired) electrons. The average molecular weight is 458 g/mol. The van der Waals surface area contributed by atoms with Gasteiger partial charge in [-0.2, -0.15) is 23.0 Å². The van der Waals surface area contributed by atoms with Crippen molar-refractivity contribution in [3.05, 3.63) is 84.7 Å². The maximum Gasteiger partial charge on any atom is 0.440 e. The Morgan fingerprint density at radius 1 is 1.03 bits per heavy atom. The fourth-order valence-electron chi connectivity index (χ4n) is 4.06. The van der Waals surface area contributed by atoms with Crippen LogP contribution in [0, 0.1) is 13.8 Å². The van der Waals surface area contributed by atoms with Crippen molar-refractivity contribution in [1.82, 2.24) is 14.8 Å². The SMILES string of the molecule is Cc1cc(-n2nc(C(F)(F)F)c(=O)[nH]c2=O)cc(C)c1Cc1ccc2c(c1)C(C)(C)C(=O)N2. The average Bonchev–Trinajstić information content (AvgIpc) is 2.92. The van der Waals surface area contributed by atoms with Gasteiger partial charge in [0.1, 0.15) is 0 Å². The molecule has 2 heterocycles. The van der Waals surface area contributed by atoms with Crippen molar-refractivity contribution in [2.45, 2.75) is 45.7 Å². The van der Waals surface area contributed by atoms with Crippen LogP contribution in [0.5, 0.6) is 0 Å². The molecule has 1 aliphatic heterocycles. The van der Waals surface area contributed by atoms with Crippen LogP contribution in [0.1, 0.15) is 47.4 Å². The highest BCUT2D eigenvalue weighted by molar-refractivity contribution is 6.05. The number of aromatic nitrogens is 3. The van der Waals surface area contributed by atoms with Crippen molar-refractivity contribution in [3.63, 3.8) is 0 Å². The van der Waals surface area contributed by atoms with E-state index in [0.29, 0.717) is 11.1 Å². The molecular weight excluding hydrogens is 437 g/mol. The van der Waals surface area contributed by atoms with Gasteiger partial charge in [-0.3, -0.25) is 14.6 Å². The summed E-state index contributed by atoms with van der Waals surface area (Å²) in [5.41, 5.74) is 0.210. The molecular formula is C23H21F3N4O3. The maximum absolute atomic E-state index is 13.1. The van der Waals surface area contributed by atoms with E-state index < -0.39 is 28.5 Å². The Morgan fingerprint density at radius 3 is 2.27 bits per heavy atom. The summed E-state index contributed by atoms with van der Waals surface area (Å²) in [7, 11) is 0. The van der Waals surface area contributed by atoms with Gasteiger partial charge in [-0.05, 0) is 80.1 Å². The minimum absolute atomic E-state index is 0.0663. The summed E-state index contributed by atoms with van der Waals surface area (Å²) in [6.45, 7) is 7.28. The second-order valence-corrected chi connectivity index (χ2v) is 8.71. The number of aromatic amines is 1. The Kier molecular flexibility index (Phi) is 5.07. The molecule has 1 aromatic heterocycles. The van der Waals surface area contributed by atoms with E-state index in [1.807, 2.05) is 32.0 Å². The lowest BCUT2D eigenvalue weighted by Gasteiger charge is -2.17. The largest absolute Gasteiger partial charge is 0.440 e. The number of carbonyl (C=O) groups excluding carboxylic acids is 1. The number of anilines is 1. The molecule has 0 spiro atoms. The van der Waals surface area contributed by atoms with E-state index in [4.69, 9.17) is 0 Å².